The van der Waals surface area contributed by atoms with Crippen molar-refractivity contribution in [2.75, 3.05) is 5.32 Å². The van der Waals surface area contributed by atoms with E-state index >= 15 is 0 Å². The summed E-state index contributed by atoms with van der Waals surface area (Å²) in [5, 5.41) is 2.50. The minimum atomic E-state index is -0.816. The second-order valence-corrected chi connectivity index (χ2v) is 8.87. The first-order chi connectivity index (χ1) is 14.0. The van der Waals surface area contributed by atoms with Crippen LogP contribution in [0.5, 0.6) is 5.75 Å². The molecule has 0 bridgehead atoms. The van der Waals surface area contributed by atoms with Gasteiger partial charge >= 0.3 is 10.8 Å². The number of para-hydroxylation sites is 1. The first-order valence-electron chi connectivity index (χ1n) is 8.78. The summed E-state index contributed by atoms with van der Waals surface area (Å²) in [7, 11) is 0. The van der Waals surface area contributed by atoms with E-state index in [-0.39, 0.29) is 4.87 Å². The average molecular weight is 428 g/mol. The Balaban J connectivity index is 1.57. The number of hydrogen-bond acceptors (Lipinski definition) is 6. The van der Waals surface area contributed by atoms with E-state index in [0.29, 0.717) is 16.5 Å². The number of ether oxygens (including phenoxy) is 1. The Morgan fingerprint density at radius 3 is 2.66 bits per heavy atom. The van der Waals surface area contributed by atoms with Crippen LogP contribution in [0.4, 0.5) is 10.1 Å². The van der Waals surface area contributed by atoms with Crippen LogP contribution in [0.25, 0.3) is 0 Å². The van der Waals surface area contributed by atoms with Gasteiger partial charge in [-0.25, -0.2) is 4.39 Å². The lowest BCUT2D eigenvalue weighted by Gasteiger charge is -2.38. The largest absolute Gasteiger partial charge is 0.426 e. The van der Waals surface area contributed by atoms with Gasteiger partial charge in [-0.1, -0.05) is 41.3 Å². The van der Waals surface area contributed by atoms with Crippen LogP contribution in [0, 0.1) is 11.7 Å². The maximum absolute atomic E-state index is 13.1. The second kappa shape index (κ2) is 6.85. The van der Waals surface area contributed by atoms with E-state index in [1.807, 2.05) is 12.1 Å². The number of aromatic amines is 1. The molecule has 1 aromatic heterocycles. The third-order valence-electron chi connectivity index (χ3n) is 4.96. The highest BCUT2D eigenvalue weighted by Crippen LogP contribution is 2.53. The molecular formula is C20H13FN2O4S2. The number of thioether (sulfide) groups is 1. The van der Waals surface area contributed by atoms with Crippen LogP contribution in [-0.4, -0.2) is 22.1 Å². The van der Waals surface area contributed by atoms with Gasteiger partial charge in [0.2, 0.25) is 5.91 Å². The highest BCUT2D eigenvalue weighted by Gasteiger charge is 2.51. The number of aromatic nitrogens is 1. The summed E-state index contributed by atoms with van der Waals surface area (Å²) in [6, 6.07) is 12.5. The summed E-state index contributed by atoms with van der Waals surface area (Å²) in [4.78, 5) is 41.2. The summed E-state index contributed by atoms with van der Waals surface area (Å²) in [6.45, 7) is 0. The molecule has 2 aliphatic heterocycles. The predicted octanol–water partition coefficient (Wildman–Crippen LogP) is 3.36. The van der Waals surface area contributed by atoms with Gasteiger partial charge in [0.1, 0.15) is 16.8 Å². The zero-order valence-corrected chi connectivity index (χ0v) is 16.3. The fraction of sp³-hybridized carbons (Fsp3) is 0.150. The van der Waals surface area contributed by atoms with Gasteiger partial charge in [-0.15, -0.1) is 0 Å². The quantitative estimate of drug-likeness (QED) is 0.483. The van der Waals surface area contributed by atoms with E-state index in [1.54, 1.807) is 12.1 Å². The van der Waals surface area contributed by atoms with Gasteiger partial charge in [-0.2, -0.15) is 0 Å². The standard InChI is InChI=1S/C20H13FN2O4S2/c21-9-5-7-10(8-6-9)22-17(24)15-14-13(16-18(28-15)23-20(26)29-16)11-3-1-2-4-12(11)27-19(14)25/h1-8,13-15H,(H,22,24)(H,23,26)/t13-,14+,15+/m0/s1. The molecule has 2 aliphatic rings. The number of carbonyl (C=O) groups excluding carboxylic acids is 2. The van der Waals surface area contributed by atoms with Crippen LogP contribution in [0.3, 0.4) is 0 Å². The van der Waals surface area contributed by atoms with Crippen molar-refractivity contribution in [1.29, 1.82) is 0 Å². The Hall–Kier alpha value is -2.91. The zero-order valence-electron chi connectivity index (χ0n) is 14.7. The lowest BCUT2D eigenvalue weighted by molar-refractivity contribution is -0.142. The van der Waals surface area contributed by atoms with Gasteiger partial charge < -0.3 is 15.0 Å². The van der Waals surface area contributed by atoms with Crippen LogP contribution in [-0.2, 0) is 9.59 Å². The number of halogens is 1. The summed E-state index contributed by atoms with van der Waals surface area (Å²) < 4.78 is 18.7. The van der Waals surface area contributed by atoms with Gasteiger partial charge in [-0.3, -0.25) is 14.4 Å². The van der Waals surface area contributed by atoms with Crippen LogP contribution >= 0.6 is 23.1 Å². The molecule has 3 heterocycles. The number of hydrogen-bond donors (Lipinski definition) is 2. The number of anilines is 1. The van der Waals surface area contributed by atoms with Crippen LogP contribution in [0.15, 0.2) is 58.4 Å². The monoisotopic (exact) mass is 428 g/mol. The number of fused-ring (bicyclic) bond motifs is 5. The average Bonchev–Trinajstić information content (AvgIpc) is 3.09. The highest BCUT2D eigenvalue weighted by atomic mass is 32.2. The summed E-state index contributed by atoms with van der Waals surface area (Å²) in [6.07, 6.45) is 0. The lowest BCUT2D eigenvalue weighted by Crippen LogP contribution is -2.46. The number of nitrogens with one attached hydrogen (secondary N) is 2. The van der Waals surface area contributed by atoms with Gasteiger partial charge in [0.25, 0.3) is 0 Å². The third kappa shape index (κ3) is 3.06. The molecule has 0 radical (unpaired) electrons. The topological polar surface area (TPSA) is 88.3 Å². The molecule has 0 saturated heterocycles. The summed E-state index contributed by atoms with van der Waals surface area (Å²) in [5.41, 5.74) is 1.19. The molecule has 1 amide bonds. The Kier molecular flexibility index (Phi) is 4.29. The van der Waals surface area contributed by atoms with E-state index in [4.69, 9.17) is 4.74 Å². The Bertz CT molecular complexity index is 1190. The summed E-state index contributed by atoms with van der Waals surface area (Å²) in [5.74, 6) is -2.12. The molecule has 2 aromatic carbocycles. The molecule has 0 saturated carbocycles. The van der Waals surface area contributed by atoms with Gasteiger partial charge in [0.05, 0.1) is 10.9 Å². The first kappa shape index (κ1) is 18.1. The van der Waals surface area contributed by atoms with Crippen LogP contribution in [0.2, 0.25) is 0 Å². The van der Waals surface area contributed by atoms with Crippen molar-refractivity contribution in [3.63, 3.8) is 0 Å². The predicted molar refractivity (Wildman–Crippen MR) is 107 cm³/mol. The second-order valence-electron chi connectivity index (χ2n) is 6.70. The molecule has 9 heteroatoms. The fourth-order valence-corrected chi connectivity index (χ4v) is 6.18. The molecule has 5 rings (SSSR count). The Labute approximate surface area is 172 Å². The number of benzene rings is 2. The van der Waals surface area contributed by atoms with Crippen LogP contribution < -0.4 is 14.9 Å². The van der Waals surface area contributed by atoms with Crippen molar-refractivity contribution < 1.29 is 18.7 Å². The summed E-state index contributed by atoms with van der Waals surface area (Å²) >= 11 is 2.19. The minimum Gasteiger partial charge on any atom is -0.426 e. The molecule has 0 spiro atoms. The molecule has 3 aromatic rings. The van der Waals surface area contributed by atoms with E-state index in [1.165, 1.54) is 24.3 Å². The van der Waals surface area contributed by atoms with Crippen molar-refractivity contribution >= 4 is 40.7 Å². The van der Waals surface area contributed by atoms with Gasteiger partial charge in [-0.05, 0) is 30.3 Å². The molecule has 0 unspecified atom stereocenters. The van der Waals surface area contributed by atoms with Gasteiger partial charge in [0, 0.05) is 22.0 Å². The van der Waals surface area contributed by atoms with E-state index in [0.717, 1.165) is 33.5 Å². The smallest absolute Gasteiger partial charge is 0.317 e. The first-order valence-corrected chi connectivity index (χ1v) is 10.5. The van der Waals surface area contributed by atoms with Crippen molar-refractivity contribution in [3.8, 4) is 5.75 Å². The minimum absolute atomic E-state index is 0.239. The molecule has 6 nitrogen and oxygen atoms in total. The molecular weight excluding hydrogens is 415 g/mol. The van der Waals surface area contributed by atoms with Crippen molar-refractivity contribution in [2.45, 2.75) is 16.2 Å². The van der Waals surface area contributed by atoms with Crippen LogP contribution in [0.1, 0.15) is 16.4 Å². The molecule has 0 aliphatic carbocycles. The van der Waals surface area contributed by atoms with Crippen molar-refractivity contribution in [1.82, 2.24) is 4.98 Å². The zero-order chi connectivity index (χ0) is 20.1. The van der Waals surface area contributed by atoms with E-state index < -0.39 is 34.8 Å². The molecule has 29 heavy (non-hydrogen) atoms. The SMILES string of the molecule is O=C1Oc2ccccc2[C@@H]2c3sc(=O)[nH]c3S[C@@H](C(=O)Nc3ccc(F)cc3)[C@H]12. The molecule has 0 fully saturated rings. The van der Waals surface area contributed by atoms with E-state index in [2.05, 4.69) is 10.3 Å². The number of H-pyrrole nitrogens is 1. The number of carbonyl (C=O) groups is 2. The number of rotatable bonds is 2. The van der Waals surface area contributed by atoms with Crippen molar-refractivity contribution in [2.24, 2.45) is 5.92 Å². The molecule has 146 valence electrons. The Morgan fingerprint density at radius 2 is 1.86 bits per heavy atom. The highest BCUT2D eigenvalue weighted by molar-refractivity contribution is 8.00. The maximum atomic E-state index is 13.1. The molecule has 2 N–H and O–H groups in total. The number of amides is 1. The fourth-order valence-electron chi connectivity index (χ4n) is 3.72. The Morgan fingerprint density at radius 1 is 1.10 bits per heavy atom. The van der Waals surface area contributed by atoms with Crippen molar-refractivity contribution in [3.05, 3.63) is 74.5 Å². The molecule has 3 atom stereocenters. The maximum Gasteiger partial charge on any atom is 0.317 e. The lowest BCUT2D eigenvalue weighted by atomic mass is 9.80. The third-order valence-corrected chi connectivity index (χ3v) is 7.38. The van der Waals surface area contributed by atoms with Gasteiger partial charge in [0.15, 0.2) is 0 Å². The normalized spacial score (nSPS) is 22.1. The number of thiazole rings is 1. The van der Waals surface area contributed by atoms with E-state index in [9.17, 15) is 18.8 Å². The number of esters is 1.